The Morgan fingerprint density at radius 2 is 1.77 bits per heavy atom. The highest BCUT2D eigenvalue weighted by Gasteiger charge is 2.27. The van der Waals surface area contributed by atoms with Gasteiger partial charge in [0.2, 0.25) is 10.0 Å². The minimum Gasteiger partial charge on any atom is -0.494 e. The van der Waals surface area contributed by atoms with E-state index in [0.29, 0.717) is 30.6 Å². The molecule has 0 spiro atoms. The number of sulfonamides is 1. The molecule has 31 heavy (non-hydrogen) atoms. The van der Waals surface area contributed by atoms with Crippen molar-refractivity contribution in [3.8, 4) is 5.75 Å². The lowest BCUT2D eigenvalue weighted by molar-refractivity contribution is 0.336. The van der Waals surface area contributed by atoms with E-state index in [2.05, 4.69) is 20.3 Å². The molecule has 0 unspecified atom stereocenters. The van der Waals surface area contributed by atoms with Crippen molar-refractivity contribution in [2.75, 3.05) is 13.2 Å². The Bertz CT molecular complexity index is 961. The molecule has 0 saturated heterocycles. The van der Waals surface area contributed by atoms with Crippen molar-refractivity contribution in [3.63, 3.8) is 0 Å². The Kier molecular flexibility index (Phi) is 10.0. The predicted octanol–water partition coefficient (Wildman–Crippen LogP) is 3.40. The Balaban J connectivity index is 0.00000341. The summed E-state index contributed by atoms with van der Waals surface area (Å²) in [6.07, 6.45) is 1.84. The van der Waals surface area contributed by atoms with Gasteiger partial charge in [-0.1, -0.05) is 30.3 Å². The molecule has 0 amide bonds. The van der Waals surface area contributed by atoms with Gasteiger partial charge in [0.25, 0.3) is 0 Å². The smallest absolute Gasteiger partial charge is 0.240 e. The number of guanidine groups is 1. The zero-order valence-electron chi connectivity index (χ0n) is 17.9. The normalized spacial score (nSPS) is 13.9. The fourth-order valence-corrected chi connectivity index (χ4v) is 4.20. The zero-order chi connectivity index (χ0) is 21.4. The molecule has 1 aliphatic rings. The summed E-state index contributed by atoms with van der Waals surface area (Å²) < 4.78 is 32.9. The first kappa shape index (κ1) is 25.4. The first-order valence-corrected chi connectivity index (χ1v) is 11.8. The van der Waals surface area contributed by atoms with Gasteiger partial charge in [-0.15, -0.1) is 24.0 Å². The topological polar surface area (TPSA) is 91.8 Å². The summed E-state index contributed by atoms with van der Waals surface area (Å²) in [7, 11) is -3.42. The quantitative estimate of drug-likeness (QED) is 0.236. The SMILES string of the molecule is CCNC(=NCc1ccc(S(=O)(=O)NC2CC2)cc1)NCc1ccccc1OCC.I. The second-order valence-electron chi connectivity index (χ2n) is 7.13. The Hall–Kier alpha value is -1.85. The van der Waals surface area contributed by atoms with Crippen molar-refractivity contribution in [1.29, 1.82) is 0 Å². The van der Waals surface area contributed by atoms with E-state index in [1.807, 2.05) is 38.1 Å². The number of nitrogens with one attached hydrogen (secondary N) is 3. The molecule has 0 heterocycles. The second-order valence-corrected chi connectivity index (χ2v) is 8.84. The summed E-state index contributed by atoms with van der Waals surface area (Å²) in [5, 5.41) is 6.55. The van der Waals surface area contributed by atoms with Crippen LogP contribution >= 0.6 is 24.0 Å². The predicted molar refractivity (Wildman–Crippen MR) is 134 cm³/mol. The summed E-state index contributed by atoms with van der Waals surface area (Å²) >= 11 is 0. The summed E-state index contributed by atoms with van der Waals surface area (Å²) in [4.78, 5) is 4.90. The van der Waals surface area contributed by atoms with E-state index in [9.17, 15) is 8.42 Å². The van der Waals surface area contributed by atoms with E-state index >= 15 is 0 Å². The van der Waals surface area contributed by atoms with E-state index in [0.717, 1.165) is 36.3 Å². The lowest BCUT2D eigenvalue weighted by Gasteiger charge is -2.14. The number of hydrogen-bond acceptors (Lipinski definition) is 4. The average molecular weight is 558 g/mol. The molecule has 9 heteroatoms. The highest BCUT2D eigenvalue weighted by molar-refractivity contribution is 14.0. The highest BCUT2D eigenvalue weighted by Crippen LogP contribution is 2.22. The van der Waals surface area contributed by atoms with E-state index in [4.69, 9.17) is 4.74 Å². The minimum atomic E-state index is -3.42. The van der Waals surface area contributed by atoms with Crippen LogP contribution in [0.15, 0.2) is 58.4 Å². The van der Waals surface area contributed by atoms with Gasteiger partial charge < -0.3 is 15.4 Å². The van der Waals surface area contributed by atoms with E-state index in [1.165, 1.54) is 0 Å². The van der Waals surface area contributed by atoms with Crippen LogP contribution < -0.4 is 20.1 Å². The van der Waals surface area contributed by atoms with Crippen LogP contribution in [0, 0.1) is 0 Å². The third kappa shape index (κ3) is 7.97. The standard InChI is InChI=1S/C22H30N4O3S.HI/c1-3-23-22(25-16-18-7-5-6-8-21(18)29-4-2)24-15-17-9-13-20(14-10-17)30(27,28)26-19-11-12-19;/h5-10,13-14,19,26H,3-4,11-12,15-16H2,1-2H3,(H2,23,24,25);1H. The largest absolute Gasteiger partial charge is 0.494 e. The maximum atomic E-state index is 12.3. The van der Waals surface area contributed by atoms with Gasteiger partial charge in [0.15, 0.2) is 5.96 Å². The monoisotopic (exact) mass is 558 g/mol. The first-order chi connectivity index (χ1) is 14.5. The summed E-state index contributed by atoms with van der Waals surface area (Å²) in [5.41, 5.74) is 2.00. The molecule has 1 fully saturated rings. The summed E-state index contributed by atoms with van der Waals surface area (Å²) in [6.45, 7) is 6.37. The molecule has 7 nitrogen and oxygen atoms in total. The van der Waals surface area contributed by atoms with E-state index in [-0.39, 0.29) is 30.0 Å². The molecule has 0 bridgehead atoms. The van der Waals surface area contributed by atoms with Crippen molar-refractivity contribution in [1.82, 2.24) is 15.4 Å². The Morgan fingerprint density at radius 1 is 1.06 bits per heavy atom. The van der Waals surface area contributed by atoms with Gasteiger partial charge in [-0.2, -0.15) is 0 Å². The van der Waals surface area contributed by atoms with Crippen molar-refractivity contribution in [2.24, 2.45) is 4.99 Å². The first-order valence-electron chi connectivity index (χ1n) is 10.4. The third-order valence-electron chi connectivity index (χ3n) is 4.62. The summed E-state index contributed by atoms with van der Waals surface area (Å²) in [5.74, 6) is 1.55. The van der Waals surface area contributed by atoms with Crippen LogP contribution in [0.4, 0.5) is 0 Å². The van der Waals surface area contributed by atoms with Crippen molar-refractivity contribution < 1.29 is 13.2 Å². The molecule has 170 valence electrons. The van der Waals surface area contributed by atoms with Crippen LogP contribution in [-0.2, 0) is 23.1 Å². The fourth-order valence-electron chi connectivity index (χ4n) is 2.90. The van der Waals surface area contributed by atoms with Gasteiger partial charge >= 0.3 is 0 Å². The third-order valence-corrected chi connectivity index (χ3v) is 6.15. The van der Waals surface area contributed by atoms with E-state index in [1.54, 1.807) is 24.3 Å². The van der Waals surface area contributed by atoms with Gasteiger partial charge in [0, 0.05) is 24.7 Å². The maximum Gasteiger partial charge on any atom is 0.240 e. The van der Waals surface area contributed by atoms with Crippen LogP contribution in [-0.4, -0.2) is 33.6 Å². The Labute approximate surface area is 202 Å². The number of para-hydroxylation sites is 1. The number of halogens is 1. The lowest BCUT2D eigenvalue weighted by Crippen LogP contribution is -2.36. The van der Waals surface area contributed by atoms with Gasteiger partial charge in [-0.25, -0.2) is 18.1 Å². The van der Waals surface area contributed by atoms with Crippen LogP contribution in [0.5, 0.6) is 5.75 Å². The van der Waals surface area contributed by atoms with Crippen LogP contribution in [0.2, 0.25) is 0 Å². The molecule has 3 N–H and O–H groups in total. The molecule has 0 aromatic heterocycles. The number of benzene rings is 2. The summed E-state index contributed by atoms with van der Waals surface area (Å²) in [6, 6.07) is 14.9. The van der Waals surface area contributed by atoms with E-state index < -0.39 is 10.0 Å². The molecule has 1 aliphatic carbocycles. The van der Waals surface area contributed by atoms with Crippen molar-refractivity contribution >= 4 is 40.0 Å². The van der Waals surface area contributed by atoms with Gasteiger partial charge in [-0.05, 0) is 50.5 Å². The molecule has 1 saturated carbocycles. The zero-order valence-corrected chi connectivity index (χ0v) is 21.1. The number of rotatable bonds is 10. The van der Waals surface area contributed by atoms with Crippen molar-refractivity contribution in [3.05, 3.63) is 59.7 Å². The number of hydrogen-bond donors (Lipinski definition) is 3. The molecule has 2 aromatic rings. The maximum absolute atomic E-state index is 12.3. The molecule has 3 rings (SSSR count). The molecule has 0 atom stereocenters. The molecule has 0 radical (unpaired) electrons. The Morgan fingerprint density at radius 3 is 2.42 bits per heavy atom. The molecule has 0 aliphatic heterocycles. The van der Waals surface area contributed by atoms with Gasteiger partial charge in [0.05, 0.1) is 18.0 Å². The van der Waals surface area contributed by atoms with Crippen LogP contribution in [0.1, 0.15) is 37.8 Å². The average Bonchev–Trinajstić information content (AvgIpc) is 3.55. The van der Waals surface area contributed by atoms with Gasteiger partial charge in [0.1, 0.15) is 5.75 Å². The number of ether oxygens (including phenoxy) is 1. The lowest BCUT2D eigenvalue weighted by atomic mass is 10.2. The molecule has 2 aromatic carbocycles. The molecular weight excluding hydrogens is 527 g/mol. The molecular formula is C22H31IN4O3S. The minimum absolute atomic E-state index is 0. The second kappa shape index (κ2) is 12.3. The van der Waals surface area contributed by atoms with Crippen molar-refractivity contribution in [2.45, 2.75) is 50.7 Å². The van der Waals surface area contributed by atoms with Crippen LogP contribution in [0.3, 0.4) is 0 Å². The van der Waals surface area contributed by atoms with Crippen LogP contribution in [0.25, 0.3) is 0 Å². The highest BCUT2D eigenvalue weighted by atomic mass is 127. The van der Waals surface area contributed by atoms with Gasteiger partial charge in [-0.3, -0.25) is 0 Å². The number of aliphatic imine (C=N–C) groups is 1. The fraction of sp³-hybridized carbons (Fsp3) is 0.409. The number of nitrogens with zero attached hydrogens (tertiary/aromatic N) is 1.